The third kappa shape index (κ3) is 7.34. The van der Waals surface area contributed by atoms with Crippen LogP contribution in [0.4, 0.5) is 10.1 Å². The number of carbonyl (C=O) groups is 3. The Labute approximate surface area is 239 Å². The van der Waals surface area contributed by atoms with Crippen molar-refractivity contribution >= 4 is 62.7 Å². The number of anilines is 1. The normalized spacial score (nSPS) is 15.8. The second kappa shape index (κ2) is 11.7. The van der Waals surface area contributed by atoms with E-state index in [1.54, 1.807) is 69.3 Å². The van der Waals surface area contributed by atoms with Gasteiger partial charge in [-0.3, -0.25) is 9.59 Å². The summed E-state index contributed by atoms with van der Waals surface area (Å²) >= 11 is 9.40. The molecule has 1 heterocycles. The Morgan fingerprint density at radius 2 is 1.72 bits per heavy atom. The Morgan fingerprint density at radius 1 is 1.05 bits per heavy atom. The molecule has 0 aromatic heterocycles. The molecule has 202 valence electrons. The topological polar surface area (TPSA) is 75.7 Å². The number of amides is 2. The van der Waals surface area contributed by atoms with Gasteiger partial charge in [0, 0.05) is 27.3 Å². The van der Waals surface area contributed by atoms with Crippen molar-refractivity contribution in [1.82, 2.24) is 5.32 Å². The van der Waals surface area contributed by atoms with E-state index in [1.807, 2.05) is 0 Å². The van der Waals surface area contributed by atoms with Crippen molar-refractivity contribution in [3.05, 3.63) is 98.7 Å². The molecule has 0 saturated carbocycles. The van der Waals surface area contributed by atoms with Crippen molar-refractivity contribution in [1.29, 1.82) is 0 Å². The average Bonchev–Trinajstić information content (AvgIpc) is 3.22. The van der Waals surface area contributed by atoms with Crippen LogP contribution in [0.1, 0.15) is 48.7 Å². The van der Waals surface area contributed by atoms with E-state index in [1.165, 1.54) is 29.2 Å². The highest BCUT2D eigenvalue weighted by atomic mass is 79.9. The predicted molar refractivity (Wildman–Crippen MR) is 154 cm³/mol. The maximum atomic E-state index is 13.6. The Bertz CT molecular complexity index is 1430. The number of nitrogens with zero attached hydrogens (tertiary/aromatic N) is 1. The standard InChI is InChI=1S/C30H27BrClFN2O4/c1-30(2,3)39-29(38)20-15-21(31)17-24(16-20)35-13-12-26(28(35)37)34-27(36)25(19-6-10-23(33)11-7-19)14-18-4-8-22(32)9-5-18/h4-11,14-17,26H,12-13H2,1-3H3,(H,34,36)/b25-14+. The van der Waals surface area contributed by atoms with Gasteiger partial charge in [-0.05, 0) is 86.9 Å². The van der Waals surface area contributed by atoms with Gasteiger partial charge in [-0.15, -0.1) is 0 Å². The first-order chi connectivity index (χ1) is 18.4. The maximum Gasteiger partial charge on any atom is 0.338 e. The van der Waals surface area contributed by atoms with Crippen LogP contribution in [0.2, 0.25) is 5.02 Å². The minimum atomic E-state index is -0.782. The summed E-state index contributed by atoms with van der Waals surface area (Å²) in [5.74, 6) is -1.70. The molecule has 0 radical (unpaired) electrons. The SMILES string of the molecule is CC(C)(C)OC(=O)c1cc(Br)cc(N2CCC(NC(=O)/C(=C/c3ccc(Cl)cc3)c3ccc(F)cc3)C2=O)c1. The molecule has 1 atom stereocenters. The Kier molecular flexibility index (Phi) is 8.57. The zero-order valence-corrected chi connectivity index (χ0v) is 24.0. The highest BCUT2D eigenvalue weighted by Crippen LogP contribution is 2.29. The molecule has 1 fully saturated rings. The summed E-state index contributed by atoms with van der Waals surface area (Å²) in [6.45, 7) is 5.69. The van der Waals surface area contributed by atoms with Crippen LogP contribution in [0.5, 0.6) is 0 Å². The van der Waals surface area contributed by atoms with Crippen LogP contribution >= 0.6 is 27.5 Å². The lowest BCUT2D eigenvalue weighted by Gasteiger charge is -2.21. The maximum absolute atomic E-state index is 13.6. The Hall–Kier alpha value is -3.49. The average molecular weight is 614 g/mol. The molecule has 9 heteroatoms. The molecule has 0 spiro atoms. The smallest absolute Gasteiger partial charge is 0.338 e. The summed E-state index contributed by atoms with van der Waals surface area (Å²) in [6.07, 6.45) is 2.04. The quantitative estimate of drug-likeness (QED) is 0.192. The molecule has 3 aromatic carbocycles. The lowest BCUT2D eigenvalue weighted by atomic mass is 10.0. The lowest BCUT2D eigenvalue weighted by Crippen LogP contribution is -2.41. The number of benzene rings is 3. The van der Waals surface area contributed by atoms with Crippen LogP contribution in [-0.4, -0.2) is 36.0 Å². The summed E-state index contributed by atoms with van der Waals surface area (Å²) in [4.78, 5) is 41.0. The molecular weight excluding hydrogens is 587 g/mol. The molecule has 2 amide bonds. The number of hydrogen-bond donors (Lipinski definition) is 1. The van der Waals surface area contributed by atoms with Crippen molar-refractivity contribution in [2.75, 3.05) is 11.4 Å². The fraction of sp³-hybridized carbons (Fsp3) is 0.233. The third-order valence-corrected chi connectivity index (χ3v) is 6.63. The van der Waals surface area contributed by atoms with E-state index in [9.17, 15) is 18.8 Å². The van der Waals surface area contributed by atoms with Crippen molar-refractivity contribution < 1.29 is 23.5 Å². The van der Waals surface area contributed by atoms with Gasteiger partial charge in [0.15, 0.2) is 0 Å². The molecule has 3 aromatic rings. The van der Waals surface area contributed by atoms with E-state index in [4.69, 9.17) is 16.3 Å². The molecule has 4 rings (SSSR count). The molecule has 39 heavy (non-hydrogen) atoms. The van der Waals surface area contributed by atoms with E-state index >= 15 is 0 Å². The monoisotopic (exact) mass is 612 g/mol. The number of esters is 1. The van der Waals surface area contributed by atoms with Crippen molar-refractivity contribution in [3.63, 3.8) is 0 Å². The van der Waals surface area contributed by atoms with Gasteiger partial charge in [-0.2, -0.15) is 0 Å². The van der Waals surface area contributed by atoms with E-state index in [0.29, 0.717) is 39.3 Å². The molecule has 1 aliphatic rings. The summed E-state index contributed by atoms with van der Waals surface area (Å²) in [5, 5.41) is 3.39. The molecule has 6 nitrogen and oxygen atoms in total. The summed E-state index contributed by atoms with van der Waals surface area (Å²) < 4.78 is 19.7. The largest absolute Gasteiger partial charge is 0.456 e. The first kappa shape index (κ1) is 28.5. The Balaban J connectivity index is 1.56. The van der Waals surface area contributed by atoms with Crippen molar-refractivity contribution in [3.8, 4) is 0 Å². The second-order valence-electron chi connectivity index (χ2n) is 10.1. The fourth-order valence-electron chi connectivity index (χ4n) is 4.13. The third-order valence-electron chi connectivity index (χ3n) is 5.92. The zero-order chi connectivity index (χ0) is 28.3. The molecule has 0 bridgehead atoms. The fourth-order valence-corrected chi connectivity index (χ4v) is 4.73. The Morgan fingerprint density at radius 3 is 2.36 bits per heavy atom. The molecular formula is C30H27BrClFN2O4. The van der Waals surface area contributed by atoms with Crippen molar-refractivity contribution in [2.24, 2.45) is 0 Å². The van der Waals surface area contributed by atoms with Crippen LogP contribution in [0, 0.1) is 5.82 Å². The van der Waals surface area contributed by atoms with Gasteiger partial charge in [0.2, 0.25) is 5.91 Å². The molecule has 1 unspecified atom stereocenters. The van der Waals surface area contributed by atoms with Gasteiger partial charge < -0.3 is 15.0 Å². The van der Waals surface area contributed by atoms with E-state index in [0.717, 1.165) is 5.56 Å². The van der Waals surface area contributed by atoms with Crippen LogP contribution in [0.15, 0.2) is 71.2 Å². The van der Waals surface area contributed by atoms with Gasteiger partial charge in [-0.1, -0.05) is 51.8 Å². The van der Waals surface area contributed by atoms with E-state index < -0.39 is 29.3 Å². The highest BCUT2D eigenvalue weighted by Gasteiger charge is 2.35. The summed E-state index contributed by atoms with van der Waals surface area (Å²) in [7, 11) is 0. The molecule has 0 aliphatic carbocycles. The molecule has 1 aliphatic heterocycles. The molecule has 1 N–H and O–H groups in total. The lowest BCUT2D eigenvalue weighted by molar-refractivity contribution is -0.123. The van der Waals surface area contributed by atoms with Crippen LogP contribution in [-0.2, 0) is 14.3 Å². The number of carbonyl (C=O) groups excluding carboxylic acids is 3. The van der Waals surface area contributed by atoms with Crippen molar-refractivity contribution in [2.45, 2.75) is 38.8 Å². The molecule has 1 saturated heterocycles. The number of rotatable bonds is 6. The zero-order valence-electron chi connectivity index (χ0n) is 21.6. The van der Waals surface area contributed by atoms with Gasteiger partial charge in [0.1, 0.15) is 17.5 Å². The minimum Gasteiger partial charge on any atom is -0.456 e. The number of nitrogens with one attached hydrogen (secondary N) is 1. The van der Waals surface area contributed by atoms with Gasteiger partial charge in [0.25, 0.3) is 5.91 Å². The van der Waals surface area contributed by atoms with Crippen LogP contribution in [0.25, 0.3) is 11.6 Å². The van der Waals surface area contributed by atoms with E-state index in [2.05, 4.69) is 21.2 Å². The minimum absolute atomic E-state index is 0.276. The van der Waals surface area contributed by atoms with Gasteiger partial charge in [0.05, 0.1) is 5.56 Å². The van der Waals surface area contributed by atoms with Crippen LogP contribution in [0.3, 0.4) is 0 Å². The van der Waals surface area contributed by atoms with Crippen LogP contribution < -0.4 is 10.2 Å². The van der Waals surface area contributed by atoms with Gasteiger partial charge in [-0.25, -0.2) is 9.18 Å². The van der Waals surface area contributed by atoms with E-state index in [-0.39, 0.29) is 11.5 Å². The number of hydrogen-bond acceptors (Lipinski definition) is 4. The number of halogens is 3. The summed E-state index contributed by atoms with van der Waals surface area (Å²) in [6, 6.07) is 16.7. The van der Waals surface area contributed by atoms with Gasteiger partial charge >= 0.3 is 5.97 Å². The number of ether oxygens (including phenoxy) is 1. The highest BCUT2D eigenvalue weighted by molar-refractivity contribution is 9.10. The predicted octanol–water partition coefficient (Wildman–Crippen LogP) is 6.66. The second-order valence-corrected chi connectivity index (χ2v) is 11.5. The first-order valence-electron chi connectivity index (χ1n) is 12.3. The first-order valence-corrected chi connectivity index (χ1v) is 13.5. The summed E-state index contributed by atoms with van der Waals surface area (Å²) in [5.41, 5.74) is 1.65.